The van der Waals surface area contributed by atoms with E-state index in [-0.39, 0.29) is 11.3 Å². The molecule has 0 saturated heterocycles. The van der Waals surface area contributed by atoms with E-state index in [9.17, 15) is 9.90 Å². The number of fused-ring (bicyclic) bond motifs is 1. The molecule has 2 heterocycles. The summed E-state index contributed by atoms with van der Waals surface area (Å²) in [6.07, 6.45) is 5.38. The molecule has 2 aromatic heterocycles. The monoisotopic (exact) mass is 409 g/mol. The number of rotatable bonds is 2. The number of nitrogens with zero attached hydrogens (tertiary/aromatic N) is 2. The fourth-order valence-electron chi connectivity index (χ4n) is 3.18. The molecule has 0 saturated carbocycles. The van der Waals surface area contributed by atoms with Crippen molar-refractivity contribution < 1.29 is 5.11 Å². The maximum atomic E-state index is 12.4. The minimum atomic E-state index is -0.330. The van der Waals surface area contributed by atoms with Gasteiger partial charge in [0.05, 0.1) is 21.4 Å². The Morgan fingerprint density at radius 3 is 2.61 bits per heavy atom. The molecule has 0 amide bonds. The highest BCUT2D eigenvalue weighted by Gasteiger charge is 2.18. The second kappa shape index (κ2) is 6.75. The number of phenolic OH excluding ortho intramolecular Hbond substituents is 1. The molecular weight excluding hydrogens is 397 g/mol. The maximum absolute atomic E-state index is 12.4. The van der Waals surface area contributed by atoms with Crippen LogP contribution in [0.4, 0.5) is 0 Å². The molecule has 0 atom stereocenters. The third kappa shape index (κ3) is 2.93. The summed E-state index contributed by atoms with van der Waals surface area (Å²) >= 11 is 12.2. The molecule has 0 aliphatic rings. The van der Waals surface area contributed by atoms with Gasteiger partial charge in [0.15, 0.2) is 0 Å². The van der Waals surface area contributed by atoms with Crippen molar-refractivity contribution in [1.29, 1.82) is 0 Å². The summed E-state index contributed by atoms with van der Waals surface area (Å²) in [5, 5.41) is 15.8. The molecule has 2 aromatic carbocycles. The normalized spacial score (nSPS) is 10.9. The second-order valence-electron chi connectivity index (χ2n) is 6.24. The Morgan fingerprint density at radius 1 is 1.14 bits per heavy atom. The Balaban J connectivity index is 2.03. The van der Waals surface area contributed by atoms with Crippen LogP contribution in [0.1, 0.15) is 11.3 Å². The number of nitrogens with one attached hydrogen (secondary N) is 1. The predicted molar refractivity (Wildman–Crippen MR) is 111 cm³/mol. The minimum absolute atomic E-state index is 0.0356. The molecule has 0 bridgehead atoms. The zero-order valence-electron chi connectivity index (χ0n) is 14.6. The topological polar surface area (TPSA) is 70.4 Å². The predicted octanol–water partition coefficient (Wildman–Crippen LogP) is 4.66. The van der Waals surface area contributed by atoms with Gasteiger partial charge in [0.2, 0.25) is 0 Å². The van der Waals surface area contributed by atoms with Crippen LogP contribution in [0.15, 0.2) is 47.3 Å². The van der Waals surface area contributed by atoms with Gasteiger partial charge in [-0.2, -0.15) is 5.10 Å². The van der Waals surface area contributed by atoms with Gasteiger partial charge in [0, 0.05) is 22.8 Å². The van der Waals surface area contributed by atoms with Crippen molar-refractivity contribution in [2.75, 3.05) is 0 Å². The number of hydrogen-bond donors (Lipinski definition) is 2. The lowest BCUT2D eigenvalue weighted by molar-refractivity contribution is 0.476. The smallest absolute Gasteiger partial charge is 0.251 e. The van der Waals surface area contributed by atoms with Crippen molar-refractivity contribution in [1.82, 2.24) is 14.6 Å². The first-order valence-electron chi connectivity index (χ1n) is 8.27. The fourth-order valence-corrected chi connectivity index (χ4v) is 3.48. The first-order chi connectivity index (χ1) is 13.4. The van der Waals surface area contributed by atoms with Crippen molar-refractivity contribution >= 4 is 28.8 Å². The molecule has 0 spiro atoms. The molecular formula is C21H13Cl2N3O2. The highest BCUT2D eigenvalue weighted by atomic mass is 35.5. The van der Waals surface area contributed by atoms with E-state index in [1.54, 1.807) is 28.8 Å². The minimum Gasteiger partial charge on any atom is -0.507 e. The van der Waals surface area contributed by atoms with Crippen molar-refractivity contribution in [3.05, 3.63) is 74.1 Å². The van der Waals surface area contributed by atoms with E-state index in [0.29, 0.717) is 38.2 Å². The molecule has 0 aliphatic carbocycles. The van der Waals surface area contributed by atoms with E-state index in [4.69, 9.17) is 29.6 Å². The van der Waals surface area contributed by atoms with Gasteiger partial charge < -0.3 is 10.1 Å². The van der Waals surface area contributed by atoms with Gasteiger partial charge in [-0.3, -0.25) is 4.79 Å². The number of hydrogen-bond acceptors (Lipinski definition) is 3. The van der Waals surface area contributed by atoms with E-state index < -0.39 is 0 Å². The van der Waals surface area contributed by atoms with Crippen LogP contribution in [0.25, 0.3) is 28.0 Å². The number of halogens is 2. The Labute approximate surface area is 170 Å². The fraction of sp³-hybridized carbons (Fsp3) is 0.0476. The Kier molecular flexibility index (Phi) is 4.38. The van der Waals surface area contributed by atoms with Gasteiger partial charge in [0.1, 0.15) is 11.4 Å². The van der Waals surface area contributed by atoms with E-state index in [0.717, 1.165) is 11.1 Å². The Bertz CT molecular complexity index is 1350. The average Bonchev–Trinajstić information content (AvgIpc) is 2.99. The van der Waals surface area contributed by atoms with Crippen LogP contribution in [0, 0.1) is 19.3 Å². The van der Waals surface area contributed by atoms with Crippen LogP contribution in [-0.4, -0.2) is 19.7 Å². The summed E-state index contributed by atoms with van der Waals surface area (Å²) in [6, 6.07) is 11.4. The number of benzene rings is 2. The summed E-state index contributed by atoms with van der Waals surface area (Å²) in [5.41, 5.74) is 3.74. The third-order valence-corrected chi connectivity index (χ3v) is 5.19. The number of aryl methyl sites for hydroxylation is 1. The molecule has 0 aliphatic heterocycles. The van der Waals surface area contributed by atoms with E-state index in [2.05, 4.69) is 16.0 Å². The summed E-state index contributed by atoms with van der Waals surface area (Å²) in [4.78, 5) is 15.2. The molecule has 0 unspecified atom stereocenters. The summed E-state index contributed by atoms with van der Waals surface area (Å²) < 4.78 is 1.58. The van der Waals surface area contributed by atoms with Crippen molar-refractivity contribution in [2.45, 2.75) is 6.92 Å². The SMILES string of the molecule is C#Cc1ccc(-c2cc(=O)[nH]c3c(-c4ccc(Cl)c(Cl)c4)c(C)nn23)c(O)c1. The van der Waals surface area contributed by atoms with Crippen LogP contribution < -0.4 is 5.56 Å². The highest BCUT2D eigenvalue weighted by Crippen LogP contribution is 2.35. The lowest BCUT2D eigenvalue weighted by Crippen LogP contribution is -2.10. The molecule has 7 heteroatoms. The largest absolute Gasteiger partial charge is 0.507 e. The highest BCUT2D eigenvalue weighted by molar-refractivity contribution is 6.42. The van der Waals surface area contributed by atoms with Crippen molar-refractivity contribution in [2.24, 2.45) is 0 Å². The Morgan fingerprint density at radius 2 is 1.93 bits per heavy atom. The molecule has 5 nitrogen and oxygen atoms in total. The van der Waals surface area contributed by atoms with Gasteiger partial charge >= 0.3 is 0 Å². The zero-order valence-corrected chi connectivity index (χ0v) is 16.1. The Hall–Kier alpha value is -3.20. The number of aromatic hydroxyl groups is 1. The molecule has 0 radical (unpaired) electrons. The number of aromatic nitrogens is 3. The van der Waals surface area contributed by atoms with Gasteiger partial charge in [-0.05, 0) is 42.8 Å². The first-order valence-corrected chi connectivity index (χ1v) is 9.02. The maximum Gasteiger partial charge on any atom is 0.251 e. The lowest BCUT2D eigenvalue weighted by Gasteiger charge is -2.08. The van der Waals surface area contributed by atoms with Gasteiger partial charge in [-0.25, -0.2) is 4.52 Å². The quantitative estimate of drug-likeness (QED) is 0.473. The third-order valence-electron chi connectivity index (χ3n) is 4.45. The molecule has 4 aromatic rings. The van der Waals surface area contributed by atoms with Crippen LogP contribution in [0.2, 0.25) is 10.0 Å². The number of terminal acetylenes is 1. The van der Waals surface area contributed by atoms with Crippen LogP contribution in [0.3, 0.4) is 0 Å². The summed E-state index contributed by atoms with van der Waals surface area (Å²) in [7, 11) is 0. The summed E-state index contributed by atoms with van der Waals surface area (Å²) in [5.74, 6) is 2.43. The number of phenols is 1. The van der Waals surface area contributed by atoms with E-state index >= 15 is 0 Å². The lowest BCUT2D eigenvalue weighted by atomic mass is 10.1. The zero-order chi connectivity index (χ0) is 20.0. The molecule has 4 rings (SSSR count). The van der Waals surface area contributed by atoms with Gasteiger partial charge in [-0.1, -0.05) is 35.2 Å². The molecule has 0 fully saturated rings. The standard InChI is InChI=1S/C21H13Cl2N3O2/c1-3-12-4-6-14(18(27)8-12)17-10-19(28)24-21-20(11(2)25-26(17)21)13-5-7-15(22)16(23)9-13/h1,4-10,27H,2H3,(H,24,28). The summed E-state index contributed by atoms with van der Waals surface area (Å²) in [6.45, 7) is 1.83. The van der Waals surface area contributed by atoms with E-state index in [1.807, 2.05) is 13.0 Å². The molecule has 2 N–H and O–H groups in total. The number of H-pyrrole nitrogens is 1. The second-order valence-corrected chi connectivity index (χ2v) is 7.06. The van der Waals surface area contributed by atoms with E-state index in [1.165, 1.54) is 12.1 Å². The first kappa shape index (κ1) is 18.2. The van der Waals surface area contributed by atoms with Crippen molar-refractivity contribution in [3.63, 3.8) is 0 Å². The van der Waals surface area contributed by atoms with Crippen LogP contribution in [-0.2, 0) is 0 Å². The average molecular weight is 410 g/mol. The number of aromatic amines is 1. The van der Waals surface area contributed by atoms with Crippen LogP contribution >= 0.6 is 23.2 Å². The van der Waals surface area contributed by atoms with Gasteiger partial charge in [0.25, 0.3) is 5.56 Å². The molecule has 28 heavy (non-hydrogen) atoms. The molecule has 138 valence electrons. The van der Waals surface area contributed by atoms with Crippen molar-refractivity contribution in [3.8, 4) is 40.5 Å². The van der Waals surface area contributed by atoms with Crippen LogP contribution in [0.5, 0.6) is 5.75 Å². The van der Waals surface area contributed by atoms with Gasteiger partial charge in [-0.15, -0.1) is 6.42 Å².